The van der Waals surface area contributed by atoms with E-state index in [2.05, 4.69) is 18.7 Å². The molecule has 0 N–H and O–H groups in total. The van der Waals surface area contributed by atoms with E-state index < -0.39 is 10.0 Å². The highest BCUT2D eigenvalue weighted by atomic mass is 32.2. The summed E-state index contributed by atoms with van der Waals surface area (Å²) in [4.78, 5) is 12.3. The van der Waals surface area contributed by atoms with E-state index in [9.17, 15) is 8.42 Å². The molecule has 0 bridgehead atoms. The fourth-order valence-corrected chi connectivity index (χ4v) is 6.79. The molecule has 1 aliphatic carbocycles. The van der Waals surface area contributed by atoms with Crippen LogP contribution in [0.4, 0.5) is 0 Å². The Kier molecular flexibility index (Phi) is 8.99. The Morgan fingerprint density at radius 3 is 2.38 bits per heavy atom. The average Bonchev–Trinajstić information content (AvgIpc) is 2.98. The molecule has 9 heteroatoms. The Labute approximate surface area is 232 Å². The molecule has 0 amide bonds. The number of piperazine rings is 1. The zero-order chi connectivity index (χ0) is 27.2. The summed E-state index contributed by atoms with van der Waals surface area (Å²) in [7, 11) is -3.57. The largest absolute Gasteiger partial charge is 0.494 e. The van der Waals surface area contributed by atoms with Crippen LogP contribution in [0.1, 0.15) is 70.7 Å². The molecule has 0 radical (unpaired) electrons. The highest BCUT2D eigenvalue weighted by Gasteiger charge is 2.31. The lowest BCUT2D eigenvalue weighted by atomic mass is 9.98. The average molecular weight is 553 g/mol. The Balaban J connectivity index is 1.25. The SMILES string of the molecule is CCCCOc1ccc(S(=O)(=O)N2CCN(C(C)c3nc(OC4CCCCC4)c4ccccc4n3)CC2)cc1. The number of benzene rings is 2. The topological polar surface area (TPSA) is 84.9 Å². The second kappa shape index (κ2) is 12.6. The minimum absolute atomic E-state index is 0.0623. The first kappa shape index (κ1) is 27.8. The lowest BCUT2D eigenvalue weighted by Crippen LogP contribution is -2.49. The highest BCUT2D eigenvalue weighted by Crippen LogP contribution is 2.31. The summed E-state index contributed by atoms with van der Waals surface area (Å²) in [5, 5.41) is 0.941. The van der Waals surface area contributed by atoms with Gasteiger partial charge in [-0.15, -0.1) is 0 Å². The molecule has 1 saturated carbocycles. The summed E-state index contributed by atoms with van der Waals surface area (Å²) < 4.78 is 40.3. The van der Waals surface area contributed by atoms with Crippen LogP contribution in [0.3, 0.4) is 0 Å². The second-order valence-corrected chi connectivity index (χ2v) is 12.5. The van der Waals surface area contributed by atoms with Crippen molar-refractivity contribution in [1.29, 1.82) is 0 Å². The van der Waals surface area contributed by atoms with Crippen LogP contribution in [0.15, 0.2) is 53.4 Å². The predicted octanol–water partition coefficient (Wildman–Crippen LogP) is 5.59. The van der Waals surface area contributed by atoms with E-state index in [0.29, 0.717) is 49.3 Å². The monoisotopic (exact) mass is 552 g/mol. The van der Waals surface area contributed by atoms with Crippen molar-refractivity contribution in [3.8, 4) is 11.6 Å². The summed E-state index contributed by atoms with van der Waals surface area (Å²) in [6.07, 6.45) is 8.02. The smallest absolute Gasteiger partial charge is 0.243 e. The maximum atomic E-state index is 13.3. The number of fused-ring (bicyclic) bond motifs is 1. The van der Waals surface area contributed by atoms with Crippen LogP contribution in [0.2, 0.25) is 0 Å². The first-order chi connectivity index (χ1) is 19.0. The Morgan fingerprint density at radius 2 is 1.67 bits per heavy atom. The van der Waals surface area contributed by atoms with Crippen molar-refractivity contribution < 1.29 is 17.9 Å². The number of hydrogen-bond acceptors (Lipinski definition) is 7. The van der Waals surface area contributed by atoms with Crippen LogP contribution in [0, 0.1) is 0 Å². The standard InChI is InChI=1S/C30H40N4O4S/c1-3-4-22-37-24-14-16-26(17-15-24)39(35,36)34-20-18-33(19-21-34)23(2)29-31-28-13-9-8-12-27(28)30(32-29)38-25-10-6-5-7-11-25/h8-9,12-17,23,25H,3-7,10-11,18-22H2,1-2H3. The molecule has 2 heterocycles. The Hall–Kier alpha value is -2.75. The van der Waals surface area contributed by atoms with Gasteiger partial charge in [-0.2, -0.15) is 9.29 Å². The van der Waals surface area contributed by atoms with Crippen LogP contribution in [-0.4, -0.2) is 66.5 Å². The Morgan fingerprint density at radius 1 is 0.949 bits per heavy atom. The number of aromatic nitrogens is 2. The number of ether oxygens (including phenoxy) is 2. The third-order valence-corrected chi connectivity index (χ3v) is 9.75. The summed E-state index contributed by atoms with van der Waals surface area (Å²) in [6, 6.07) is 14.7. The molecule has 1 aromatic heterocycles. The van der Waals surface area contributed by atoms with Gasteiger partial charge in [0.2, 0.25) is 15.9 Å². The molecule has 5 rings (SSSR count). The zero-order valence-electron chi connectivity index (χ0n) is 23.1. The van der Waals surface area contributed by atoms with Gasteiger partial charge in [-0.05, 0) is 75.4 Å². The van der Waals surface area contributed by atoms with E-state index in [4.69, 9.17) is 19.4 Å². The normalized spacial score (nSPS) is 18.7. The predicted molar refractivity (Wildman–Crippen MR) is 153 cm³/mol. The van der Waals surface area contributed by atoms with E-state index in [1.165, 1.54) is 19.3 Å². The third-order valence-electron chi connectivity index (χ3n) is 7.84. The first-order valence-electron chi connectivity index (χ1n) is 14.4. The second-order valence-electron chi connectivity index (χ2n) is 10.6. The number of unbranched alkanes of at least 4 members (excludes halogenated alkanes) is 1. The molecule has 8 nitrogen and oxygen atoms in total. The van der Waals surface area contributed by atoms with Gasteiger partial charge in [0.1, 0.15) is 17.7 Å². The minimum atomic E-state index is -3.57. The number of rotatable bonds is 10. The fourth-order valence-electron chi connectivity index (χ4n) is 5.37. The molecule has 210 valence electrons. The van der Waals surface area contributed by atoms with Crippen LogP contribution in [0.5, 0.6) is 11.6 Å². The van der Waals surface area contributed by atoms with Gasteiger partial charge >= 0.3 is 0 Å². The highest BCUT2D eigenvalue weighted by molar-refractivity contribution is 7.89. The van der Waals surface area contributed by atoms with Gasteiger partial charge in [-0.1, -0.05) is 31.9 Å². The van der Waals surface area contributed by atoms with E-state index >= 15 is 0 Å². The summed E-state index contributed by atoms with van der Waals surface area (Å²) in [6.45, 7) is 6.88. The van der Waals surface area contributed by atoms with Crippen molar-refractivity contribution in [1.82, 2.24) is 19.2 Å². The van der Waals surface area contributed by atoms with E-state index in [1.807, 2.05) is 24.3 Å². The van der Waals surface area contributed by atoms with Crippen molar-refractivity contribution in [3.05, 3.63) is 54.4 Å². The van der Waals surface area contributed by atoms with Crippen molar-refractivity contribution in [2.75, 3.05) is 32.8 Å². The van der Waals surface area contributed by atoms with Crippen molar-refractivity contribution in [2.24, 2.45) is 0 Å². The molecule has 39 heavy (non-hydrogen) atoms. The number of para-hydroxylation sites is 1. The van der Waals surface area contributed by atoms with Gasteiger partial charge in [0.15, 0.2) is 0 Å². The number of nitrogens with zero attached hydrogens (tertiary/aromatic N) is 4. The van der Waals surface area contributed by atoms with Crippen molar-refractivity contribution in [3.63, 3.8) is 0 Å². The van der Waals surface area contributed by atoms with Crippen LogP contribution < -0.4 is 9.47 Å². The molecule has 3 aromatic rings. The minimum Gasteiger partial charge on any atom is -0.494 e. The van der Waals surface area contributed by atoms with Crippen LogP contribution in [-0.2, 0) is 10.0 Å². The zero-order valence-corrected chi connectivity index (χ0v) is 23.9. The van der Waals surface area contributed by atoms with Gasteiger partial charge in [-0.3, -0.25) is 4.90 Å². The fraction of sp³-hybridized carbons (Fsp3) is 0.533. The summed E-state index contributed by atoms with van der Waals surface area (Å²) in [5.74, 6) is 2.08. The molecule has 1 atom stereocenters. The number of sulfonamides is 1. The van der Waals surface area contributed by atoms with Gasteiger partial charge < -0.3 is 9.47 Å². The molecule has 0 spiro atoms. The molecule has 1 unspecified atom stereocenters. The van der Waals surface area contributed by atoms with Crippen molar-refractivity contribution >= 4 is 20.9 Å². The number of hydrogen-bond donors (Lipinski definition) is 0. The maximum absolute atomic E-state index is 13.3. The molecular weight excluding hydrogens is 512 g/mol. The Bertz CT molecular complexity index is 1330. The molecule has 2 fully saturated rings. The third kappa shape index (κ3) is 6.53. The molecule has 1 aliphatic heterocycles. The van der Waals surface area contributed by atoms with Gasteiger partial charge in [0.05, 0.1) is 28.4 Å². The van der Waals surface area contributed by atoms with Gasteiger partial charge in [0.25, 0.3) is 0 Å². The summed E-state index contributed by atoms with van der Waals surface area (Å²) in [5.41, 5.74) is 0.878. The van der Waals surface area contributed by atoms with Gasteiger partial charge in [0, 0.05) is 26.2 Å². The first-order valence-corrected chi connectivity index (χ1v) is 15.8. The molecule has 2 aliphatic rings. The van der Waals surface area contributed by atoms with Crippen LogP contribution in [0.25, 0.3) is 10.9 Å². The molecular formula is C30H40N4O4S. The van der Waals surface area contributed by atoms with Crippen molar-refractivity contribution in [2.45, 2.75) is 75.8 Å². The van der Waals surface area contributed by atoms with E-state index in [-0.39, 0.29) is 12.1 Å². The maximum Gasteiger partial charge on any atom is 0.243 e. The van der Waals surface area contributed by atoms with E-state index in [1.54, 1.807) is 28.6 Å². The molecule has 1 saturated heterocycles. The summed E-state index contributed by atoms with van der Waals surface area (Å²) >= 11 is 0. The van der Waals surface area contributed by atoms with E-state index in [0.717, 1.165) is 42.4 Å². The molecule has 2 aromatic carbocycles. The lowest BCUT2D eigenvalue weighted by Gasteiger charge is -2.37. The van der Waals surface area contributed by atoms with Gasteiger partial charge in [-0.25, -0.2) is 13.4 Å². The van der Waals surface area contributed by atoms with Crippen LogP contribution >= 0.6 is 0 Å². The quantitative estimate of drug-likeness (QED) is 0.303. The lowest BCUT2D eigenvalue weighted by molar-refractivity contribution is 0.135.